The van der Waals surface area contributed by atoms with Gasteiger partial charge in [-0.3, -0.25) is 14.2 Å². The summed E-state index contributed by atoms with van der Waals surface area (Å²) in [6.07, 6.45) is 0.314. The minimum Gasteiger partial charge on any atom is -0.326 e. The summed E-state index contributed by atoms with van der Waals surface area (Å²) in [5, 5.41) is 4.09. The molecule has 1 N–H and O–H groups in total. The van der Waals surface area contributed by atoms with Crippen LogP contribution in [0.2, 0.25) is 0 Å². The molecule has 32 heavy (non-hydrogen) atoms. The van der Waals surface area contributed by atoms with Gasteiger partial charge in [-0.15, -0.1) is 0 Å². The predicted octanol–water partition coefficient (Wildman–Crippen LogP) is 5.63. The summed E-state index contributed by atoms with van der Waals surface area (Å²) in [5.41, 5.74) is 3.32. The third kappa shape index (κ3) is 4.92. The number of hydrogen-bond donors (Lipinski definition) is 1. The fraction of sp³-hybridized carbons (Fsp3) is 0.192. The first-order valence-corrected chi connectivity index (χ1v) is 11.6. The van der Waals surface area contributed by atoms with Crippen molar-refractivity contribution in [2.24, 2.45) is 0 Å². The number of hydrogen-bond acceptors (Lipinski definition) is 4. The number of aromatic nitrogens is 2. The van der Waals surface area contributed by atoms with Gasteiger partial charge in [-0.25, -0.2) is 4.98 Å². The molecular formula is C26H25N3O2S. The van der Waals surface area contributed by atoms with E-state index in [1.54, 1.807) is 10.6 Å². The molecule has 1 amide bonds. The van der Waals surface area contributed by atoms with Crippen molar-refractivity contribution in [3.63, 3.8) is 0 Å². The number of carbonyl (C=O) groups is 1. The van der Waals surface area contributed by atoms with Gasteiger partial charge in [-0.2, -0.15) is 0 Å². The van der Waals surface area contributed by atoms with Crippen LogP contribution in [0.5, 0.6) is 0 Å². The topological polar surface area (TPSA) is 64.0 Å². The van der Waals surface area contributed by atoms with Crippen molar-refractivity contribution in [1.82, 2.24) is 9.55 Å². The molecule has 3 aromatic carbocycles. The van der Waals surface area contributed by atoms with Crippen molar-refractivity contribution < 1.29 is 4.79 Å². The van der Waals surface area contributed by atoms with Crippen molar-refractivity contribution in [1.29, 1.82) is 0 Å². The van der Waals surface area contributed by atoms with Crippen LogP contribution in [-0.4, -0.2) is 21.2 Å². The highest BCUT2D eigenvalue weighted by Crippen LogP contribution is 2.22. The Hall–Kier alpha value is -3.38. The maximum atomic E-state index is 13.2. The van der Waals surface area contributed by atoms with Crippen molar-refractivity contribution >= 4 is 34.3 Å². The van der Waals surface area contributed by atoms with Gasteiger partial charge in [0.25, 0.3) is 5.56 Å². The zero-order valence-corrected chi connectivity index (χ0v) is 18.9. The van der Waals surface area contributed by atoms with Crippen molar-refractivity contribution in [3.05, 3.63) is 94.8 Å². The van der Waals surface area contributed by atoms with Crippen LogP contribution < -0.4 is 10.9 Å². The van der Waals surface area contributed by atoms with E-state index in [2.05, 4.69) is 19.2 Å². The largest absolute Gasteiger partial charge is 0.326 e. The molecule has 0 saturated heterocycles. The fourth-order valence-corrected chi connectivity index (χ4v) is 4.37. The second kappa shape index (κ2) is 9.83. The average molecular weight is 444 g/mol. The average Bonchev–Trinajstić information content (AvgIpc) is 2.80. The van der Waals surface area contributed by atoms with Gasteiger partial charge in [0, 0.05) is 17.9 Å². The summed E-state index contributed by atoms with van der Waals surface area (Å²) in [6.45, 7) is 4.28. The van der Waals surface area contributed by atoms with E-state index < -0.39 is 0 Å². The Morgan fingerprint density at radius 2 is 1.66 bits per heavy atom. The Balaban J connectivity index is 1.50. The van der Waals surface area contributed by atoms with Gasteiger partial charge >= 0.3 is 0 Å². The highest BCUT2D eigenvalue weighted by Gasteiger charge is 2.14. The maximum Gasteiger partial charge on any atom is 0.266 e. The summed E-state index contributed by atoms with van der Waals surface area (Å²) >= 11 is 1.41. The minimum absolute atomic E-state index is 0.0656. The smallest absolute Gasteiger partial charge is 0.266 e. The second-order valence-electron chi connectivity index (χ2n) is 7.81. The highest BCUT2D eigenvalue weighted by molar-refractivity contribution is 7.99. The lowest BCUT2D eigenvalue weighted by atomic mass is 10.0. The molecule has 0 spiro atoms. The number of nitrogens with zero attached hydrogens (tertiary/aromatic N) is 2. The van der Waals surface area contributed by atoms with E-state index in [1.807, 2.05) is 72.8 Å². The van der Waals surface area contributed by atoms with Gasteiger partial charge in [-0.05, 0) is 47.9 Å². The van der Waals surface area contributed by atoms with E-state index in [0.717, 1.165) is 11.4 Å². The molecule has 0 atom stereocenters. The lowest BCUT2D eigenvalue weighted by Gasteiger charge is -2.13. The lowest BCUT2D eigenvalue weighted by Crippen LogP contribution is -2.22. The third-order valence-electron chi connectivity index (χ3n) is 5.18. The molecule has 1 heterocycles. The number of nitrogens with one attached hydrogen (secondary N) is 1. The number of amides is 1. The van der Waals surface area contributed by atoms with E-state index in [1.165, 1.54) is 17.3 Å². The molecule has 0 aliphatic heterocycles. The molecule has 4 aromatic rings. The van der Waals surface area contributed by atoms with Gasteiger partial charge in [-0.1, -0.05) is 68.1 Å². The number of anilines is 1. The van der Waals surface area contributed by atoms with Crippen LogP contribution in [0, 0.1) is 0 Å². The number of carbonyl (C=O) groups excluding carboxylic acids is 1. The van der Waals surface area contributed by atoms with Crippen LogP contribution in [0.15, 0.2) is 88.8 Å². The molecule has 1 aromatic heterocycles. The van der Waals surface area contributed by atoms with Crippen molar-refractivity contribution in [3.8, 4) is 5.69 Å². The van der Waals surface area contributed by atoms with Gasteiger partial charge in [0.05, 0.1) is 16.6 Å². The van der Waals surface area contributed by atoms with Crippen LogP contribution in [0.1, 0.15) is 31.7 Å². The summed E-state index contributed by atoms with van der Waals surface area (Å²) < 4.78 is 1.62. The molecule has 0 saturated carbocycles. The van der Waals surface area contributed by atoms with Gasteiger partial charge in [0.1, 0.15) is 0 Å². The Labute approximate surface area is 191 Å². The molecule has 6 heteroatoms. The number of para-hydroxylation sites is 2. The first-order valence-electron chi connectivity index (χ1n) is 10.6. The first-order chi connectivity index (χ1) is 15.5. The Morgan fingerprint density at radius 1 is 0.969 bits per heavy atom. The molecule has 0 fully saturated rings. The van der Waals surface area contributed by atoms with E-state index in [0.29, 0.717) is 34.2 Å². The molecule has 0 unspecified atom stereocenters. The number of thioether (sulfide) groups is 1. The molecule has 5 nitrogen and oxygen atoms in total. The van der Waals surface area contributed by atoms with Crippen LogP contribution in [0.25, 0.3) is 16.6 Å². The second-order valence-corrected chi connectivity index (χ2v) is 8.87. The first kappa shape index (κ1) is 21.8. The number of benzene rings is 3. The highest BCUT2D eigenvalue weighted by atomic mass is 32.2. The molecule has 162 valence electrons. The van der Waals surface area contributed by atoms with Gasteiger partial charge in [0.2, 0.25) is 5.91 Å². The Morgan fingerprint density at radius 3 is 2.38 bits per heavy atom. The zero-order valence-electron chi connectivity index (χ0n) is 18.1. The number of rotatable bonds is 7. The summed E-state index contributed by atoms with van der Waals surface area (Å²) in [4.78, 5) is 30.3. The summed E-state index contributed by atoms with van der Waals surface area (Å²) in [6, 6.07) is 24.7. The van der Waals surface area contributed by atoms with E-state index in [-0.39, 0.29) is 11.5 Å². The third-order valence-corrected chi connectivity index (χ3v) is 6.12. The van der Waals surface area contributed by atoms with Gasteiger partial charge < -0.3 is 5.32 Å². The minimum atomic E-state index is -0.112. The van der Waals surface area contributed by atoms with Gasteiger partial charge in [0.15, 0.2) is 5.16 Å². The molecule has 0 aliphatic rings. The monoisotopic (exact) mass is 443 g/mol. The molecular weight excluding hydrogens is 418 g/mol. The standard InChI is InChI=1S/C26H25N3O2S/c1-18(2)19-12-14-20(15-13-19)27-24(30)16-17-32-26-28-23-11-7-6-10-22(23)25(31)29(26)21-8-4-3-5-9-21/h3-15,18H,16-17H2,1-2H3,(H,27,30). The lowest BCUT2D eigenvalue weighted by molar-refractivity contribution is -0.115. The van der Waals surface area contributed by atoms with E-state index >= 15 is 0 Å². The normalized spacial score (nSPS) is 11.1. The molecule has 0 bridgehead atoms. The van der Waals surface area contributed by atoms with Crippen LogP contribution in [-0.2, 0) is 4.79 Å². The number of fused-ring (bicyclic) bond motifs is 1. The zero-order chi connectivity index (χ0) is 22.5. The van der Waals surface area contributed by atoms with Crippen LogP contribution in [0.3, 0.4) is 0 Å². The summed E-state index contributed by atoms with van der Waals surface area (Å²) in [7, 11) is 0. The van der Waals surface area contributed by atoms with Crippen molar-refractivity contribution in [2.45, 2.75) is 31.3 Å². The van der Waals surface area contributed by atoms with E-state index in [4.69, 9.17) is 4.98 Å². The SMILES string of the molecule is CC(C)c1ccc(NC(=O)CCSc2nc3ccccc3c(=O)n2-c2ccccc2)cc1. The van der Waals surface area contributed by atoms with Crippen LogP contribution >= 0.6 is 11.8 Å². The van der Waals surface area contributed by atoms with Crippen LogP contribution in [0.4, 0.5) is 5.69 Å². The van der Waals surface area contributed by atoms with Crippen molar-refractivity contribution in [2.75, 3.05) is 11.1 Å². The summed E-state index contributed by atoms with van der Waals surface area (Å²) in [5.74, 6) is 0.894. The Bertz CT molecular complexity index is 1280. The molecule has 0 aliphatic carbocycles. The molecule has 0 radical (unpaired) electrons. The Kier molecular flexibility index (Phi) is 6.71. The predicted molar refractivity (Wildman–Crippen MR) is 132 cm³/mol. The molecule has 4 rings (SSSR count). The maximum absolute atomic E-state index is 13.2. The fourth-order valence-electron chi connectivity index (χ4n) is 3.42. The quantitative estimate of drug-likeness (QED) is 0.297. The van der Waals surface area contributed by atoms with E-state index in [9.17, 15) is 9.59 Å².